The molecule has 3 aromatic carbocycles. The SMILES string of the molecule is O=C(NCc1nc2ccccc2[nH]1)c1cccc2c1C(S(=O)(=O)c1ccccc1)CS2(=O)=O. The molecule has 1 aliphatic rings. The van der Waals surface area contributed by atoms with Gasteiger partial charge >= 0.3 is 0 Å². The number of carbonyl (C=O) groups is 1. The summed E-state index contributed by atoms with van der Waals surface area (Å²) in [5.74, 6) is -0.649. The molecule has 1 amide bonds. The number of amides is 1. The molecule has 2 heterocycles. The molecule has 8 nitrogen and oxygen atoms in total. The second-order valence-corrected chi connectivity index (χ2v) is 11.9. The summed E-state index contributed by atoms with van der Waals surface area (Å²) in [6.07, 6.45) is 0. The number of aromatic amines is 1. The van der Waals surface area contributed by atoms with E-state index in [1.807, 2.05) is 24.3 Å². The summed E-state index contributed by atoms with van der Waals surface area (Å²) in [4.78, 5) is 20.5. The molecule has 2 N–H and O–H groups in total. The number of fused-ring (bicyclic) bond motifs is 2. The first kappa shape index (κ1) is 21.4. The van der Waals surface area contributed by atoms with Gasteiger partial charge in [0.05, 0.1) is 33.1 Å². The number of hydrogen-bond donors (Lipinski definition) is 2. The zero-order chi connectivity index (χ0) is 23.2. The lowest BCUT2D eigenvalue weighted by Crippen LogP contribution is -2.26. The minimum Gasteiger partial charge on any atom is -0.345 e. The average molecular weight is 482 g/mol. The quantitative estimate of drug-likeness (QED) is 0.451. The molecule has 168 valence electrons. The Labute approximate surface area is 190 Å². The monoisotopic (exact) mass is 481 g/mol. The van der Waals surface area contributed by atoms with Crippen LogP contribution in [-0.4, -0.2) is 38.5 Å². The minimum absolute atomic E-state index is 0.00976. The van der Waals surface area contributed by atoms with Crippen LogP contribution in [0.2, 0.25) is 0 Å². The molecule has 10 heteroatoms. The molecule has 0 bridgehead atoms. The molecule has 0 aliphatic carbocycles. The number of imidazole rings is 1. The molecular weight excluding hydrogens is 462 g/mol. The number of nitrogens with zero attached hydrogens (tertiary/aromatic N) is 1. The van der Waals surface area contributed by atoms with Gasteiger partial charge in [-0.2, -0.15) is 0 Å². The molecule has 5 rings (SSSR count). The predicted octanol–water partition coefficient (Wildman–Crippen LogP) is 2.80. The number of carbonyl (C=O) groups excluding carboxylic acids is 1. The third kappa shape index (κ3) is 3.70. The largest absolute Gasteiger partial charge is 0.345 e. The maximum absolute atomic E-state index is 13.3. The van der Waals surface area contributed by atoms with Crippen molar-refractivity contribution in [1.29, 1.82) is 0 Å². The van der Waals surface area contributed by atoms with Crippen LogP contribution >= 0.6 is 0 Å². The Morgan fingerprint density at radius 3 is 2.48 bits per heavy atom. The Morgan fingerprint density at radius 1 is 1.00 bits per heavy atom. The van der Waals surface area contributed by atoms with Crippen LogP contribution in [0, 0.1) is 0 Å². The molecule has 33 heavy (non-hydrogen) atoms. The van der Waals surface area contributed by atoms with Crippen LogP contribution in [0.5, 0.6) is 0 Å². The van der Waals surface area contributed by atoms with Gasteiger partial charge < -0.3 is 10.3 Å². The van der Waals surface area contributed by atoms with Crippen molar-refractivity contribution in [2.24, 2.45) is 0 Å². The summed E-state index contributed by atoms with van der Waals surface area (Å²) < 4.78 is 52.2. The third-order valence-electron chi connectivity index (χ3n) is 5.64. The van der Waals surface area contributed by atoms with Crippen LogP contribution in [-0.2, 0) is 26.2 Å². The van der Waals surface area contributed by atoms with E-state index in [0.29, 0.717) is 5.82 Å². The Kier molecular flexibility index (Phi) is 5.06. The van der Waals surface area contributed by atoms with Crippen molar-refractivity contribution >= 4 is 36.6 Å². The van der Waals surface area contributed by atoms with Crippen molar-refractivity contribution in [3.63, 3.8) is 0 Å². The van der Waals surface area contributed by atoms with E-state index in [1.54, 1.807) is 18.2 Å². The topological polar surface area (TPSA) is 126 Å². The van der Waals surface area contributed by atoms with Crippen LogP contribution in [0.15, 0.2) is 82.6 Å². The van der Waals surface area contributed by atoms with Gasteiger partial charge in [0.15, 0.2) is 19.7 Å². The van der Waals surface area contributed by atoms with Crippen molar-refractivity contribution in [3.8, 4) is 0 Å². The standard InChI is InChI=1S/C23H19N3O5S2/c27-23(24-13-21-25-17-10-4-5-11-18(17)26-21)16-9-6-12-19-22(16)20(14-32(19,28)29)33(30,31)15-7-2-1-3-8-15/h1-12,20H,13-14H2,(H,24,27)(H,25,26). The molecule has 1 unspecified atom stereocenters. The van der Waals surface area contributed by atoms with Crippen molar-refractivity contribution in [2.45, 2.75) is 21.6 Å². The van der Waals surface area contributed by atoms with Gasteiger partial charge in [0, 0.05) is 11.1 Å². The van der Waals surface area contributed by atoms with Crippen LogP contribution in [0.1, 0.15) is 27.0 Å². The molecule has 0 fully saturated rings. The maximum atomic E-state index is 13.3. The van der Waals surface area contributed by atoms with Crippen molar-refractivity contribution in [1.82, 2.24) is 15.3 Å². The Bertz CT molecular complexity index is 1560. The zero-order valence-electron chi connectivity index (χ0n) is 17.2. The van der Waals surface area contributed by atoms with Crippen molar-refractivity contribution in [2.75, 3.05) is 5.75 Å². The highest BCUT2D eigenvalue weighted by Crippen LogP contribution is 2.42. The van der Waals surface area contributed by atoms with E-state index >= 15 is 0 Å². The van der Waals surface area contributed by atoms with Crippen LogP contribution in [0.4, 0.5) is 0 Å². The average Bonchev–Trinajstić information content (AvgIpc) is 3.36. The van der Waals surface area contributed by atoms with E-state index in [0.717, 1.165) is 11.0 Å². The first-order valence-electron chi connectivity index (χ1n) is 10.1. The summed E-state index contributed by atoms with van der Waals surface area (Å²) >= 11 is 0. The number of hydrogen-bond acceptors (Lipinski definition) is 6. The molecule has 1 aliphatic heterocycles. The lowest BCUT2D eigenvalue weighted by molar-refractivity contribution is 0.0949. The molecule has 0 saturated carbocycles. The maximum Gasteiger partial charge on any atom is 0.252 e. The van der Waals surface area contributed by atoms with Gasteiger partial charge in [0.1, 0.15) is 11.1 Å². The van der Waals surface area contributed by atoms with Gasteiger partial charge in [-0.05, 0) is 36.4 Å². The summed E-state index contributed by atoms with van der Waals surface area (Å²) in [7, 11) is -7.91. The lowest BCUT2D eigenvalue weighted by atomic mass is 10.0. The van der Waals surface area contributed by atoms with E-state index < -0.39 is 36.6 Å². The zero-order valence-corrected chi connectivity index (χ0v) is 18.9. The Balaban J connectivity index is 1.51. The normalized spacial score (nSPS) is 17.0. The van der Waals surface area contributed by atoms with Gasteiger partial charge in [0.2, 0.25) is 0 Å². The summed E-state index contributed by atoms with van der Waals surface area (Å²) in [6, 6.07) is 19.3. The van der Waals surface area contributed by atoms with Gasteiger partial charge in [-0.25, -0.2) is 21.8 Å². The number of sulfone groups is 2. The molecule has 0 spiro atoms. The second kappa shape index (κ2) is 7.82. The van der Waals surface area contributed by atoms with Gasteiger partial charge in [-0.3, -0.25) is 4.79 Å². The Hall–Kier alpha value is -3.50. The summed E-state index contributed by atoms with van der Waals surface area (Å²) in [5.41, 5.74) is 1.61. The number of para-hydroxylation sites is 2. The number of nitrogens with one attached hydrogen (secondary N) is 2. The van der Waals surface area contributed by atoms with Crippen molar-refractivity contribution in [3.05, 3.63) is 89.7 Å². The van der Waals surface area contributed by atoms with E-state index in [9.17, 15) is 21.6 Å². The molecule has 1 atom stereocenters. The highest BCUT2D eigenvalue weighted by molar-refractivity contribution is 7.96. The number of rotatable bonds is 5. The first-order chi connectivity index (χ1) is 15.8. The van der Waals surface area contributed by atoms with E-state index in [4.69, 9.17) is 0 Å². The lowest BCUT2D eigenvalue weighted by Gasteiger charge is -2.15. The van der Waals surface area contributed by atoms with Crippen LogP contribution in [0.25, 0.3) is 11.0 Å². The van der Waals surface area contributed by atoms with Crippen LogP contribution < -0.4 is 5.32 Å². The number of aromatic nitrogens is 2. The Morgan fingerprint density at radius 2 is 1.73 bits per heavy atom. The fraction of sp³-hybridized carbons (Fsp3) is 0.130. The number of H-pyrrole nitrogens is 1. The fourth-order valence-electron chi connectivity index (χ4n) is 4.09. The summed E-state index contributed by atoms with van der Waals surface area (Å²) in [5, 5.41) is 1.36. The highest BCUT2D eigenvalue weighted by Gasteiger charge is 2.45. The summed E-state index contributed by atoms with van der Waals surface area (Å²) in [6.45, 7) is 0.0695. The fourth-order valence-corrected chi connectivity index (χ4v) is 8.46. The van der Waals surface area contributed by atoms with Crippen molar-refractivity contribution < 1.29 is 21.6 Å². The molecule has 0 saturated heterocycles. The highest BCUT2D eigenvalue weighted by atomic mass is 32.2. The van der Waals surface area contributed by atoms with E-state index in [1.165, 1.54) is 30.3 Å². The smallest absolute Gasteiger partial charge is 0.252 e. The van der Waals surface area contributed by atoms with E-state index in [-0.39, 0.29) is 27.5 Å². The molecule has 1 aromatic heterocycles. The van der Waals surface area contributed by atoms with E-state index in [2.05, 4.69) is 15.3 Å². The van der Waals surface area contributed by atoms with Gasteiger partial charge in [0.25, 0.3) is 5.91 Å². The number of benzene rings is 3. The minimum atomic E-state index is -4.04. The second-order valence-electron chi connectivity index (χ2n) is 7.73. The van der Waals surface area contributed by atoms with Gasteiger partial charge in [-0.1, -0.05) is 36.4 Å². The molecule has 0 radical (unpaired) electrons. The predicted molar refractivity (Wildman–Crippen MR) is 122 cm³/mol. The first-order valence-corrected chi connectivity index (χ1v) is 13.3. The van der Waals surface area contributed by atoms with Gasteiger partial charge in [-0.15, -0.1) is 0 Å². The third-order valence-corrected chi connectivity index (χ3v) is 9.73. The van der Waals surface area contributed by atoms with Crippen LogP contribution in [0.3, 0.4) is 0 Å². The molecular formula is C23H19N3O5S2. The molecule has 4 aromatic rings.